The maximum absolute atomic E-state index is 4.77. The van der Waals surface area contributed by atoms with Crippen LogP contribution < -0.4 is 0 Å². The Morgan fingerprint density at radius 2 is 0.630 bits per heavy atom. The molecule has 0 fully saturated rings. The van der Waals surface area contributed by atoms with Gasteiger partial charge in [-0.05, 0) is 110 Å². The maximum Gasteiger partial charge on any atom is 3.00 e. The SMILES string of the molecule is [Ir+3].[c-]1cccc(-c2ccccc2-c2cc(-c3ccccc3-c3c[c-]ccc3)cc(-c3ccccc3-c3c[c-]c(-c4cc(-c5ccc(-c6ccccc6)cc5)ccn4)cc3)c2)c1.c1ccc(-c2ccccn2)nc1. The summed E-state index contributed by atoms with van der Waals surface area (Å²) in [5.41, 5.74) is 22.1. The fraction of sp³-hybridized carbons (Fsp3) is 0. The number of hydrogen-bond acceptors (Lipinski definition) is 3. The van der Waals surface area contributed by atoms with E-state index in [4.69, 9.17) is 4.98 Å². The van der Waals surface area contributed by atoms with Crippen molar-refractivity contribution in [1.82, 2.24) is 15.0 Å². The van der Waals surface area contributed by atoms with Gasteiger partial charge in [0.05, 0.1) is 11.4 Å². The molecule has 0 aliphatic carbocycles. The van der Waals surface area contributed by atoms with Gasteiger partial charge < -0.3 is 4.98 Å². The van der Waals surface area contributed by atoms with Gasteiger partial charge in [0, 0.05) is 18.6 Å². The van der Waals surface area contributed by atoms with Gasteiger partial charge in [0.2, 0.25) is 0 Å². The van der Waals surface area contributed by atoms with E-state index in [0.717, 1.165) is 78.3 Å². The van der Waals surface area contributed by atoms with Gasteiger partial charge in [-0.25, -0.2) is 0 Å². The molecule has 0 unspecified atom stereocenters. The summed E-state index contributed by atoms with van der Waals surface area (Å²) in [7, 11) is 0. The molecule has 346 valence electrons. The quantitative estimate of drug-likeness (QED) is 0.128. The first kappa shape index (κ1) is 47.7. The van der Waals surface area contributed by atoms with E-state index >= 15 is 0 Å². The van der Waals surface area contributed by atoms with Crippen LogP contribution in [0, 0.1) is 18.2 Å². The summed E-state index contributed by atoms with van der Waals surface area (Å²) in [5.74, 6) is 0. The summed E-state index contributed by atoms with van der Waals surface area (Å²) in [6.45, 7) is 0. The van der Waals surface area contributed by atoms with Crippen LogP contribution in [0.25, 0.3) is 112 Å². The molecule has 0 N–H and O–H groups in total. The third-order valence-electron chi connectivity index (χ3n) is 12.8. The van der Waals surface area contributed by atoms with Gasteiger partial charge >= 0.3 is 20.1 Å². The predicted octanol–water partition coefficient (Wildman–Crippen LogP) is 17.6. The molecule has 12 rings (SSSR count). The van der Waals surface area contributed by atoms with Gasteiger partial charge in [0.1, 0.15) is 0 Å². The van der Waals surface area contributed by atoms with Crippen LogP contribution in [-0.2, 0) is 20.1 Å². The first-order chi connectivity index (χ1) is 35.7. The van der Waals surface area contributed by atoms with Crippen LogP contribution in [0.2, 0.25) is 0 Å². The zero-order valence-electron chi connectivity index (χ0n) is 39.7. The van der Waals surface area contributed by atoms with Crippen molar-refractivity contribution in [2.24, 2.45) is 0 Å². The van der Waals surface area contributed by atoms with E-state index in [1.54, 1.807) is 12.4 Å². The van der Waals surface area contributed by atoms with Crippen molar-refractivity contribution in [3.8, 4) is 112 Å². The molecule has 0 spiro atoms. The molecule has 0 bridgehead atoms. The molecule has 9 aromatic carbocycles. The smallest absolute Gasteiger partial charge is 0.305 e. The maximum atomic E-state index is 4.77. The molecule has 73 heavy (non-hydrogen) atoms. The van der Waals surface area contributed by atoms with Crippen molar-refractivity contribution >= 4 is 0 Å². The van der Waals surface area contributed by atoms with Gasteiger partial charge in [0.25, 0.3) is 0 Å². The molecule has 3 heterocycles. The molecule has 0 radical (unpaired) electrons. The standard InChI is InChI=1S/C59H38N.C10H8N2.Ir/c1-4-16-42(17-5-1)43-28-30-44(31-29-43)49-36-37-60-59(41-49)48-34-32-47(33-35-48)55-24-12-15-27-58(55)52-39-50(56-25-13-10-22-53(56)45-18-6-2-7-19-45)38-51(40-52)57-26-14-11-23-54(57)46-20-8-3-9-21-46;1-3-7-11-9(5-1)10-6-2-4-8-12-10;/h1-6,8,10-34,36-41H;1-8H;/q-3;;+3. The molecule has 3 aromatic heterocycles. The van der Waals surface area contributed by atoms with E-state index in [1.165, 1.54) is 33.4 Å². The fourth-order valence-electron chi connectivity index (χ4n) is 9.20. The second kappa shape index (κ2) is 22.9. The van der Waals surface area contributed by atoms with Gasteiger partial charge in [-0.2, -0.15) is 60.7 Å². The predicted molar refractivity (Wildman–Crippen MR) is 297 cm³/mol. The molecule has 0 saturated heterocycles. The molecule has 12 aromatic rings. The number of pyridine rings is 3. The van der Waals surface area contributed by atoms with E-state index in [0.29, 0.717) is 0 Å². The van der Waals surface area contributed by atoms with Crippen molar-refractivity contribution in [2.75, 3.05) is 0 Å². The fourth-order valence-corrected chi connectivity index (χ4v) is 9.20. The molecule has 4 heteroatoms. The average Bonchev–Trinajstić information content (AvgIpc) is 3.48. The minimum absolute atomic E-state index is 0. The van der Waals surface area contributed by atoms with Crippen molar-refractivity contribution in [3.05, 3.63) is 298 Å². The Morgan fingerprint density at radius 3 is 1.05 bits per heavy atom. The van der Waals surface area contributed by atoms with Gasteiger partial charge in [0.15, 0.2) is 0 Å². The Morgan fingerprint density at radius 1 is 0.247 bits per heavy atom. The average molecular weight is 1110 g/mol. The van der Waals surface area contributed by atoms with Crippen molar-refractivity contribution in [3.63, 3.8) is 0 Å². The number of benzene rings is 9. The number of aromatic nitrogens is 3. The van der Waals surface area contributed by atoms with Gasteiger partial charge in [-0.1, -0.05) is 168 Å². The summed E-state index contributed by atoms with van der Waals surface area (Å²) >= 11 is 0. The summed E-state index contributed by atoms with van der Waals surface area (Å²) < 4.78 is 0. The molecule has 0 saturated carbocycles. The molecule has 0 aliphatic heterocycles. The van der Waals surface area contributed by atoms with Crippen LogP contribution in [0.1, 0.15) is 0 Å². The Kier molecular flexibility index (Phi) is 15.0. The van der Waals surface area contributed by atoms with E-state index in [1.807, 2.05) is 60.8 Å². The third-order valence-corrected chi connectivity index (χ3v) is 12.8. The summed E-state index contributed by atoms with van der Waals surface area (Å²) in [6.07, 6.45) is 5.42. The monoisotopic (exact) mass is 1110 g/mol. The van der Waals surface area contributed by atoms with E-state index < -0.39 is 0 Å². The van der Waals surface area contributed by atoms with Crippen molar-refractivity contribution in [2.45, 2.75) is 0 Å². The van der Waals surface area contributed by atoms with Crippen LogP contribution >= 0.6 is 0 Å². The second-order valence-corrected chi connectivity index (χ2v) is 17.3. The van der Waals surface area contributed by atoms with E-state index in [-0.39, 0.29) is 20.1 Å². The van der Waals surface area contributed by atoms with Crippen LogP contribution in [0.3, 0.4) is 0 Å². The van der Waals surface area contributed by atoms with Crippen LogP contribution in [-0.4, -0.2) is 15.0 Å². The largest absolute Gasteiger partial charge is 3.00 e. The van der Waals surface area contributed by atoms with E-state index in [9.17, 15) is 0 Å². The first-order valence-corrected chi connectivity index (χ1v) is 24.0. The number of rotatable bonds is 10. The molecular formula is C69H46IrN3. The Bertz CT molecular complexity index is 3560. The van der Waals surface area contributed by atoms with Crippen LogP contribution in [0.5, 0.6) is 0 Å². The van der Waals surface area contributed by atoms with Crippen LogP contribution in [0.15, 0.2) is 279 Å². The Balaban J connectivity index is 0.000000412. The van der Waals surface area contributed by atoms with Crippen LogP contribution in [0.4, 0.5) is 0 Å². The summed E-state index contributed by atoms with van der Waals surface area (Å²) in [4.78, 5) is 13.1. The molecular weight excluding hydrogens is 1060 g/mol. The summed E-state index contributed by atoms with van der Waals surface area (Å²) in [5, 5.41) is 0. The molecule has 0 aliphatic rings. The summed E-state index contributed by atoms with van der Waals surface area (Å²) in [6, 6.07) is 101. The first-order valence-electron chi connectivity index (χ1n) is 24.0. The Hall–Kier alpha value is -8.92. The number of nitrogens with zero attached hydrogens (tertiary/aromatic N) is 3. The normalized spacial score (nSPS) is 10.6. The van der Waals surface area contributed by atoms with Gasteiger partial charge in [-0.15, -0.1) is 41.0 Å². The van der Waals surface area contributed by atoms with Gasteiger partial charge in [-0.3, -0.25) is 9.97 Å². The molecule has 0 amide bonds. The zero-order valence-corrected chi connectivity index (χ0v) is 42.1. The third kappa shape index (κ3) is 11.0. The molecule has 0 atom stereocenters. The minimum Gasteiger partial charge on any atom is -0.305 e. The Labute approximate surface area is 441 Å². The van der Waals surface area contributed by atoms with E-state index in [2.05, 4.69) is 234 Å². The topological polar surface area (TPSA) is 38.7 Å². The number of hydrogen-bond donors (Lipinski definition) is 0. The zero-order chi connectivity index (χ0) is 48.3. The van der Waals surface area contributed by atoms with Crippen molar-refractivity contribution < 1.29 is 20.1 Å². The minimum atomic E-state index is 0. The second-order valence-electron chi connectivity index (χ2n) is 17.3. The molecule has 3 nitrogen and oxygen atoms in total. The van der Waals surface area contributed by atoms with Crippen molar-refractivity contribution in [1.29, 1.82) is 0 Å².